The molecule has 0 saturated carbocycles. The fourth-order valence-corrected chi connectivity index (χ4v) is 4.90. The summed E-state index contributed by atoms with van der Waals surface area (Å²) in [5, 5.41) is 0. The van der Waals surface area contributed by atoms with Crippen molar-refractivity contribution in [1.29, 1.82) is 0 Å². The summed E-state index contributed by atoms with van der Waals surface area (Å²) in [6, 6.07) is 13.1. The molecule has 2 aromatic rings. The molecule has 2 aromatic carbocycles. The fourth-order valence-electron chi connectivity index (χ4n) is 3.67. The average Bonchev–Trinajstić information content (AvgIpc) is 2.75. The normalized spacial score (nSPS) is 16.6. The van der Waals surface area contributed by atoms with Gasteiger partial charge in [-0.1, -0.05) is 11.8 Å². The molecule has 29 heavy (non-hydrogen) atoms. The maximum absolute atomic E-state index is 5.92. The second-order valence-corrected chi connectivity index (χ2v) is 9.49. The highest BCUT2D eigenvalue weighted by molar-refractivity contribution is 7.99. The van der Waals surface area contributed by atoms with Gasteiger partial charge in [0.05, 0.1) is 0 Å². The Hall–Kier alpha value is -0.990. The van der Waals surface area contributed by atoms with Gasteiger partial charge in [0.1, 0.15) is 25.0 Å². The molecule has 0 bridgehead atoms. The van der Waals surface area contributed by atoms with Crippen molar-refractivity contribution in [3.63, 3.8) is 0 Å². The monoisotopic (exact) mass is 448 g/mol. The van der Waals surface area contributed by atoms with Gasteiger partial charge in [-0.2, -0.15) is 25.3 Å². The quantitative estimate of drug-likeness (QED) is 0.566. The predicted molar refractivity (Wildman–Crippen MR) is 126 cm³/mol. The van der Waals surface area contributed by atoms with Crippen molar-refractivity contribution in [2.24, 2.45) is 0 Å². The Labute approximate surface area is 188 Å². The van der Waals surface area contributed by atoms with Crippen LogP contribution < -0.4 is 9.47 Å². The Morgan fingerprint density at radius 2 is 1.24 bits per heavy atom. The summed E-state index contributed by atoms with van der Waals surface area (Å²) >= 11 is 10.4. The van der Waals surface area contributed by atoms with E-state index in [1.807, 2.05) is 0 Å². The van der Waals surface area contributed by atoms with E-state index in [1.54, 1.807) is 11.8 Å². The molecule has 156 valence electrons. The van der Waals surface area contributed by atoms with Gasteiger partial charge < -0.3 is 9.47 Å². The number of hydrogen-bond donors (Lipinski definition) is 2. The zero-order valence-electron chi connectivity index (χ0n) is 16.5. The van der Waals surface area contributed by atoms with Crippen LogP contribution in [0.1, 0.15) is 24.0 Å². The highest BCUT2D eigenvalue weighted by Gasteiger charge is 2.19. The molecule has 0 saturated heterocycles. The van der Waals surface area contributed by atoms with Crippen molar-refractivity contribution in [2.75, 3.05) is 38.1 Å². The van der Waals surface area contributed by atoms with Gasteiger partial charge in [-0.05, 0) is 60.7 Å². The standard InChI is InChI=1S/C22H28N2O2S3/c27-9-1-7-23-13-17-11-19(3-5-21(17)25-15-23)29-20-4-6-22-18(12-20)14-24(16-26-22)8-2-10-28/h3-6,11-12,27-28H,1-2,7-10,13-16H2. The minimum absolute atomic E-state index is 0.668. The predicted octanol–water partition coefficient (Wildman–Crippen LogP) is 4.78. The van der Waals surface area contributed by atoms with Crippen LogP contribution in [0.5, 0.6) is 11.5 Å². The van der Waals surface area contributed by atoms with E-state index in [4.69, 9.17) is 9.47 Å². The van der Waals surface area contributed by atoms with Gasteiger partial charge in [-0.25, -0.2) is 0 Å². The third-order valence-electron chi connectivity index (χ3n) is 5.16. The SMILES string of the molecule is SCCCN1COc2ccc(Sc3ccc4c(c3)CN(CCCS)CO4)cc2C1. The maximum Gasteiger partial charge on any atom is 0.142 e. The summed E-state index contributed by atoms with van der Waals surface area (Å²) in [4.78, 5) is 7.16. The van der Waals surface area contributed by atoms with Crippen molar-refractivity contribution in [2.45, 2.75) is 35.7 Å². The third kappa shape index (κ3) is 5.58. The van der Waals surface area contributed by atoms with E-state index in [0.29, 0.717) is 13.5 Å². The molecule has 2 heterocycles. The van der Waals surface area contributed by atoms with Crippen molar-refractivity contribution in [3.05, 3.63) is 47.5 Å². The molecular formula is C22H28N2O2S3. The van der Waals surface area contributed by atoms with Gasteiger partial charge >= 0.3 is 0 Å². The van der Waals surface area contributed by atoms with Crippen LogP contribution in [0.4, 0.5) is 0 Å². The molecule has 0 unspecified atom stereocenters. The summed E-state index contributed by atoms with van der Waals surface area (Å²) in [7, 11) is 0. The lowest BCUT2D eigenvalue weighted by Crippen LogP contribution is -2.33. The largest absolute Gasteiger partial charge is 0.478 e. The van der Waals surface area contributed by atoms with Crippen molar-refractivity contribution in [1.82, 2.24) is 9.80 Å². The summed E-state index contributed by atoms with van der Waals surface area (Å²) in [5.74, 6) is 3.84. The van der Waals surface area contributed by atoms with Gasteiger partial charge in [0.15, 0.2) is 0 Å². The molecule has 0 fully saturated rings. The van der Waals surface area contributed by atoms with Crippen LogP contribution in [0.25, 0.3) is 0 Å². The summed E-state index contributed by atoms with van der Waals surface area (Å²) in [6.07, 6.45) is 2.16. The number of rotatable bonds is 8. The van der Waals surface area contributed by atoms with E-state index in [-0.39, 0.29) is 0 Å². The molecule has 2 aliphatic rings. The fraction of sp³-hybridized carbons (Fsp3) is 0.455. The number of hydrogen-bond acceptors (Lipinski definition) is 7. The maximum atomic E-state index is 5.92. The lowest BCUT2D eigenvalue weighted by atomic mass is 10.1. The zero-order valence-corrected chi connectivity index (χ0v) is 19.2. The lowest BCUT2D eigenvalue weighted by molar-refractivity contribution is 0.0956. The number of thiol groups is 2. The smallest absolute Gasteiger partial charge is 0.142 e. The molecule has 4 rings (SSSR count). The van der Waals surface area contributed by atoms with Gasteiger partial charge in [-0.15, -0.1) is 0 Å². The van der Waals surface area contributed by atoms with Crippen LogP contribution in [0.2, 0.25) is 0 Å². The Morgan fingerprint density at radius 1 is 0.759 bits per heavy atom. The number of benzene rings is 2. The molecule has 0 amide bonds. The Kier molecular flexibility index (Phi) is 7.59. The Morgan fingerprint density at radius 3 is 1.69 bits per heavy atom. The lowest BCUT2D eigenvalue weighted by Gasteiger charge is -2.29. The van der Waals surface area contributed by atoms with Crippen LogP contribution in [0.15, 0.2) is 46.2 Å². The molecule has 7 heteroatoms. The van der Waals surface area contributed by atoms with Crippen molar-refractivity contribution >= 4 is 37.0 Å². The van der Waals surface area contributed by atoms with Crippen molar-refractivity contribution < 1.29 is 9.47 Å². The van der Waals surface area contributed by atoms with Crippen LogP contribution in [-0.4, -0.2) is 47.9 Å². The summed E-state index contributed by atoms with van der Waals surface area (Å²) < 4.78 is 11.8. The molecule has 0 N–H and O–H groups in total. The second kappa shape index (κ2) is 10.4. The van der Waals surface area contributed by atoms with Crippen molar-refractivity contribution in [3.8, 4) is 11.5 Å². The van der Waals surface area contributed by atoms with Gasteiger partial charge in [0.2, 0.25) is 0 Å². The molecular weight excluding hydrogens is 420 g/mol. The molecule has 2 aliphatic heterocycles. The molecule has 0 atom stereocenters. The molecule has 0 spiro atoms. The van der Waals surface area contributed by atoms with Gasteiger partial charge in [0.25, 0.3) is 0 Å². The zero-order chi connectivity index (χ0) is 20.1. The minimum Gasteiger partial charge on any atom is -0.478 e. The molecule has 0 radical (unpaired) electrons. The number of nitrogens with zero attached hydrogens (tertiary/aromatic N) is 2. The highest BCUT2D eigenvalue weighted by Crippen LogP contribution is 2.36. The van der Waals surface area contributed by atoms with E-state index in [0.717, 1.165) is 62.0 Å². The van der Waals surface area contributed by atoms with Gasteiger partial charge in [-0.3, -0.25) is 9.80 Å². The van der Waals surface area contributed by atoms with Crippen LogP contribution >= 0.6 is 37.0 Å². The Balaban J connectivity index is 1.44. The first-order valence-corrected chi connectivity index (χ1v) is 12.2. The summed E-state index contributed by atoms with van der Waals surface area (Å²) in [6.45, 7) is 5.26. The van der Waals surface area contributed by atoms with E-state index >= 15 is 0 Å². The van der Waals surface area contributed by atoms with E-state index in [2.05, 4.69) is 71.5 Å². The van der Waals surface area contributed by atoms with E-state index < -0.39 is 0 Å². The number of fused-ring (bicyclic) bond motifs is 2. The number of ether oxygens (including phenoxy) is 2. The van der Waals surface area contributed by atoms with Crippen LogP contribution in [0, 0.1) is 0 Å². The molecule has 0 aromatic heterocycles. The average molecular weight is 449 g/mol. The first kappa shape index (κ1) is 21.2. The first-order valence-electron chi connectivity index (χ1n) is 10.1. The summed E-state index contributed by atoms with van der Waals surface area (Å²) in [5.41, 5.74) is 2.53. The molecule has 4 nitrogen and oxygen atoms in total. The van der Waals surface area contributed by atoms with E-state index in [1.165, 1.54) is 20.9 Å². The topological polar surface area (TPSA) is 24.9 Å². The van der Waals surface area contributed by atoms with Crippen LogP contribution in [-0.2, 0) is 13.1 Å². The Bertz CT molecular complexity index is 766. The minimum atomic E-state index is 0.668. The van der Waals surface area contributed by atoms with Gasteiger partial charge in [0, 0.05) is 47.1 Å². The second-order valence-electron chi connectivity index (χ2n) is 7.45. The molecule has 0 aliphatic carbocycles. The highest BCUT2D eigenvalue weighted by atomic mass is 32.2. The first-order chi connectivity index (χ1) is 14.2. The van der Waals surface area contributed by atoms with Crippen LogP contribution in [0.3, 0.4) is 0 Å². The van der Waals surface area contributed by atoms with E-state index in [9.17, 15) is 0 Å². The third-order valence-corrected chi connectivity index (χ3v) is 6.77.